The van der Waals surface area contributed by atoms with Gasteiger partial charge in [0.1, 0.15) is 24.1 Å². The maximum absolute atomic E-state index is 13.8. The topological polar surface area (TPSA) is 69.4 Å². The molecule has 0 saturated heterocycles. The van der Waals surface area contributed by atoms with Crippen LogP contribution in [0.15, 0.2) is 42.5 Å². The molecule has 0 unspecified atom stereocenters. The van der Waals surface area contributed by atoms with Crippen LogP contribution in [0.4, 0.5) is 5.69 Å². The van der Waals surface area contributed by atoms with Crippen LogP contribution in [-0.2, 0) is 14.3 Å². The lowest BCUT2D eigenvalue weighted by Gasteiger charge is -2.65. The van der Waals surface area contributed by atoms with Gasteiger partial charge in [-0.25, -0.2) is 9.64 Å². The first kappa shape index (κ1) is 28.6. The monoisotopic (exact) mass is 595 g/mol. The lowest BCUT2D eigenvalue weighted by molar-refractivity contribution is -0.195. The van der Waals surface area contributed by atoms with Crippen molar-refractivity contribution in [2.24, 2.45) is 10.8 Å². The van der Waals surface area contributed by atoms with E-state index in [4.69, 9.17) is 36.5 Å². The third-order valence-electron chi connectivity index (χ3n) is 7.13. The van der Waals surface area contributed by atoms with Crippen molar-refractivity contribution in [1.82, 2.24) is 4.90 Å². The fourth-order valence-corrected chi connectivity index (χ4v) is 5.98. The third-order valence-corrected chi connectivity index (χ3v) is 7.43. The lowest BCUT2D eigenvalue weighted by Crippen LogP contribution is -2.74. The number of nitrogens with zero attached hydrogens (tertiary/aromatic N) is 2. The summed E-state index contributed by atoms with van der Waals surface area (Å²) in [6.45, 7) is 17.7. The van der Waals surface area contributed by atoms with Crippen molar-refractivity contribution in [3.63, 3.8) is 0 Å². The first-order valence-corrected chi connectivity index (χ1v) is 14.2. The Hall–Kier alpha value is -3.52. The van der Waals surface area contributed by atoms with E-state index in [0.717, 1.165) is 4.90 Å². The fourth-order valence-electron chi connectivity index (χ4n) is 5.77. The van der Waals surface area contributed by atoms with Crippen LogP contribution in [0.3, 0.4) is 0 Å². The van der Waals surface area contributed by atoms with E-state index in [0.29, 0.717) is 36.4 Å². The van der Waals surface area contributed by atoms with E-state index < -0.39 is 47.4 Å². The van der Waals surface area contributed by atoms with Crippen molar-refractivity contribution in [2.75, 3.05) is 20.2 Å². The minimum absolute atomic E-state index is 0.108. The van der Waals surface area contributed by atoms with Crippen LogP contribution in [0, 0.1) is 29.2 Å². The molecule has 0 atom stereocenters. The molecule has 2 aromatic rings. The Bertz CT molecular complexity index is 1480. The Morgan fingerprint density at radius 3 is 2.36 bits per heavy atom. The maximum Gasteiger partial charge on any atom is 0.332 e. The van der Waals surface area contributed by atoms with Gasteiger partial charge in [-0.15, -0.1) is 0 Å². The Kier molecular flexibility index (Phi) is 8.98. The highest BCUT2D eigenvalue weighted by atomic mass is 35.5. The molecule has 0 aromatic heterocycles. The molecular formula is C34H41ClN2O5. The van der Waals surface area contributed by atoms with E-state index in [9.17, 15) is 9.59 Å². The second-order valence-electron chi connectivity index (χ2n) is 12.6. The Balaban J connectivity index is 1.66. The van der Waals surface area contributed by atoms with Crippen LogP contribution in [-0.4, -0.2) is 54.7 Å². The summed E-state index contributed by atoms with van der Waals surface area (Å²) in [6, 6.07) is 10.7. The van der Waals surface area contributed by atoms with Crippen molar-refractivity contribution >= 4 is 29.2 Å². The lowest BCUT2D eigenvalue weighted by atomic mass is 9.49. The molecule has 1 aliphatic carbocycles. The summed E-state index contributed by atoms with van der Waals surface area (Å²) in [5, 5.41) is 0.269. The second-order valence-corrected chi connectivity index (χ2v) is 13.0. The predicted octanol–water partition coefficient (Wildman–Crippen LogP) is 7.33. The summed E-state index contributed by atoms with van der Waals surface area (Å²) in [5.74, 6) is 5.54. The first-order valence-electron chi connectivity index (χ1n) is 15.3. The molecule has 0 spiro atoms. The normalized spacial score (nSPS) is 19.8. The van der Waals surface area contributed by atoms with Crippen LogP contribution < -0.4 is 4.74 Å². The van der Waals surface area contributed by atoms with E-state index >= 15 is 0 Å². The zero-order valence-corrected chi connectivity index (χ0v) is 26.1. The van der Waals surface area contributed by atoms with Gasteiger partial charge in [-0.3, -0.25) is 4.79 Å². The molecule has 2 aromatic carbocycles. The van der Waals surface area contributed by atoms with E-state index in [-0.39, 0.29) is 17.2 Å². The number of benzene rings is 2. The van der Waals surface area contributed by atoms with Gasteiger partial charge in [0.15, 0.2) is 0 Å². The summed E-state index contributed by atoms with van der Waals surface area (Å²) in [6.07, 6.45) is 0.742. The van der Waals surface area contributed by atoms with Crippen LogP contribution in [0.2, 0.25) is 5.02 Å². The standard InChI is InChI=1S/C34H41ClN2O5/c1-32(2,3)42-28(38)22-40-20-12-10-11-13-23-14-16-24(17-15-23)29(39)37(9)30-33(4,5)31(34(30,6)7)41-25-18-19-27(36-8)26(35)21-25/h14-19,21,30-31H,10,12,20,22H2,1-7,9H3/i9D3. The van der Waals surface area contributed by atoms with Crippen LogP contribution in [0.25, 0.3) is 4.85 Å². The van der Waals surface area contributed by atoms with Crippen molar-refractivity contribution in [3.8, 4) is 17.6 Å². The van der Waals surface area contributed by atoms with E-state index in [1.54, 1.807) is 63.2 Å². The number of carbonyl (C=O) groups is 2. The predicted molar refractivity (Wildman–Crippen MR) is 165 cm³/mol. The molecule has 1 fully saturated rings. The highest BCUT2D eigenvalue weighted by Gasteiger charge is 2.65. The molecular weight excluding hydrogens is 552 g/mol. The zero-order chi connectivity index (χ0) is 33.8. The van der Waals surface area contributed by atoms with Gasteiger partial charge in [-0.05, 0) is 63.6 Å². The number of carbonyl (C=O) groups excluding carboxylic acids is 2. The van der Waals surface area contributed by atoms with Gasteiger partial charge >= 0.3 is 5.97 Å². The summed E-state index contributed by atoms with van der Waals surface area (Å²) in [4.78, 5) is 29.8. The highest BCUT2D eigenvalue weighted by molar-refractivity contribution is 6.33. The van der Waals surface area contributed by atoms with Gasteiger partial charge in [-0.2, -0.15) is 0 Å². The molecule has 224 valence electrons. The Labute approximate surface area is 259 Å². The Morgan fingerprint density at radius 1 is 1.12 bits per heavy atom. The molecule has 1 saturated carbocycles. The molecule has 3 rings (SSSR count). The first-order chi connectivity index (χ1) is 20.8. The van der Waals surface area contributed by atoms with Crippen LogP contribution >= 0.6 is 11.6 Å². The van der Waals surface area contributed by atoms with Gasteiger partial charge in [0.25, 0.3) is 5.91 Å². The smallest absolute Gasteiger partial charge is 0.332 e. The average molecular weight is 596 g/mol. The van der Waals surface area contributed by atoms with Crippen molar-refractivity contribution in [1.29, 1.82) is 0 Å². The molecule has 1 amide bonds. The molecule has 1 aliphatic rings. The average Bonchev–Trinajstić information content (AvgIpc) is 2.92. The number of halogens is 1. The molecule has 0 aliphatic heterocycles. The summed E-state index contributed by atoms with van der Waals surface area (Å²) >= 11 is 6.21. The number of rotatable bonds is 9. The van der Waals surface area contributed by atoms with Crippen LogP contribution in [0.1, 0.15) is 81.3 Å². The molecule has 42 heavy (non-hydrogen) atoms. The summed E-state index contributed by atoms with van der Waals surface area (Å²) in [5.41, 5.74) is -0.788. The van der Waals surface area contributed by atoms with E-state index in [1.807, 2.05) is 27.7 Å². The number of esters is 1. The molecule has 8 heteroatoms. The number of hydrogen-bond acceptors (Lipinski definition) is 5. The second kappa shape index (κ2) is 13.2. The zero-order valence-electron chi connectivity index (χ0n) is 28.3. The van der Waals surface area contributed by atoms with Crippen molar-refractivity contribution in [3.05, 3.63) is 70.0 Å². The Morgan fingerprint density at radius 2 is 1.79 bits per heavy atom. The number of amides is 1. The van der Waals surface area contributed by atoms with E-state index in [1.165, 1.54) is 0 Å². The molecule has 0 radical (unpaired) electrons. The summed E-state index contributed by atoms with van der Waals surface area (Å²) in [7, 11) is 0. The minimum atomic E-state index is -2.70. The molecule has 0 N–H and O–H groups in total. The quantitative estimate of drug-likeness (QED) is 0.131. The SMILES string of the molecule is [2H]C([2H])([2H])N(C(=O)c1ccc(C#CCCCOCC(=O)OC(C)(C)C)cc1)C1C(C)(C)C(Oc2ccc([N+]#[C-])c(Cl)c2)C1(C)C. The third kappa shape index (κ3) is 7.85. The van der Waals surface area contributed by atoms with Gasteiger partial charge in [-0.1, -0.05) is 57.2 Å². The van der Waals surface area contributed by atoms with Gasteiger partial charge in [0.2, 0.25) is 5.69 Å². The van der Waals surface area contributed by atoms with Crippen molar-refractivity contribution in [2.45, 2.75) is 79.1 Å². The number of unbranched alkanes of at least 4 members (excludes halogenated alkanes) is 1. The fraction of sp³-hybridized carbons (Fsp3) is 0.500. The minimum Gasteiger partial charge on any atom is -0.489 e. The summed E-state index contributed by atoms with van der Waals surface area (Å²) < 4.78 is 41.8. The number of hydrogen-bond donors (Lipinski definition) is 0. The van der Waals surface area contributed by atoms with Crippen LogP contribution in [0.5, 0.6) is 5.75 Å². The maximum atomic E-state index is 13.8. The molecule has 0 heterocycles. The van der Waals surface area contributed by atoms with E-state index in [2.05, 4.69) is 16.7 Å². The molecule has 7 nitrogen and oxygen atoms in total. The van der Waals surface area contributed by atoms with Crippen molar-refractivity contribution < 1.29 is 27.9 Å². The largest absolute Gasteiger partial charge is 0.489 e. The van der Waals surface area contributed by atoms with Gasteiger partial charge < -0.3 is 19.1 Å². The highest BCUT2D eigenvalue weighted by Crippen LogP contribution is 2.58. The molecule has 0 bridgehead atoms. The van der Waals surface area contributed by atoms with Gasteiger partial charge in [0, 0.05) is 52.1 Å². The number of ether oxygens (including phenoxy) is 3. The van der Waals surface area contributed by atoms with Gasteiger partial charge in [0.05, 0.1) is 11.6 Å².